The molecule has 0 unspecified atom stereocenters. The van der Waals surface area contributed by atoms with Crippen molar-refractivity contribution in [2.75, 3.05) is 6.61 Å². The van der Waals surface area contributed by atoms with Gasteiger partial charge in [0.25, 0.3) is 0 Å². The smallest absolute Gasteiger partial charge is 0.348 e. The second-order valence-electron chi connectivity index (χ2n) is 8.55. The summed E-state index contributed by atoms with van der Waals surface area (Å²) in [4.78, 5) is 14.1. The van der Waals surface area contributed by atoms with Crippen LogP contribution in [0.2, 0.25) is 10.0 Å². The van der Waals surface area contributed by atoms with Gasteiger partial charge in [-0.25, -0.2) is 4.79 Å². The standard InChI is InChI=1S/C29H24Cl2O2S2/c1-5-19-9-17-10-24(30)22(13-26(17)34-19)20-7-8-21(16(4)15(20)3)23-14-27-18(11-25(23)31)12-28(35-27)29(32)33-6-2/h7-14H,5-6H2,1-4H3. The molecule has 0 amide bonds. The topological polar surface area (TPSA) is 26.3 Å². The summed E-state index contributed by atoms with van der Waals surface area (Å²) in [5, 5.41) is 3.56. The van der Waals surface area contributed by atoms with Crippen LogP contribution < -0.4 is 0 Å². The third-order valence-electron chi connectivity index (χ3n) is 6.46. The minimum absolute atomic E-state index is 0.298. The molecule has 0 radical (unpaired) electrons. The lowest BCUT2D eigenvalue weighted by Crippen LogP contribution is -2.01. The Morgan fingerprint density at radius 2 is 1.31 bits per heavy atom. The van der Waals surface area contributed by atoms with Gasteiger partial charge in [0.2, 0.25) is 0 Å². The maximum Gasteiger partial charge on any atom is 0.348 e. The van der Waals surface area contributed by atoms with Crippen LogP contribution in [0.1, 0.15) is 39.5 Å². The second-order valence-corrected chi connectivity index (χ2v) is 11.6. The average Bonchev–Trinajstić information content (AvgIpc) is 3.43. The predicted molar refractivity (Wildman–Crippen MR) is 153 cm³/mol. The Labute approximate surface area is 223 Å². The van der Waals surface area contributed by atoms with Crippen molar-refractivity contribution in [2.24, 2.45) is 0 Å². The number of rotatable bonds is 5. The monoisotopic (exact) mass is 538 g/mol. The number of hydrogen-bond donors (Lipinski definition) is 0. The van der Waals surface area contributed by atoms with Crippen LogP contribution in [0.15, 0.2) is 48.5 Å². The molecule has 178 valence electrons. The lowest BCUT2D eigenvalue weighted by atomic mass is 9.90. The van der Waals surface area contributed by atoms with Crippen molar-refractivity contribution in [3.05, 3.63) is 79.5 Å². The fourth-order valence-electron chi connectivity index (χ4n) is 4.47. The Hall–Kier alpha value is -2.37. The summed E-state index contributed by atoms with van der Waals surface area (Å²) < 4.78 is 7.43. The molecule has 5 rings (SSSR count). The molecule has 0 atom stereocenters. The Kier molecular flexibility index (Phi) is 6.67. The third kappa shape index (κ3) is 4.38. The molecule has 0 saturated heterocycles. The molecule has 0 aliphatic rings. The van der Waals surface area contributed by atoms with Crippen molar-refractivity contribution in [3.8, 4) is 22.3 Å². The van der Waals surface area contributed by atoms with E-state index in [0.717, 1.165) is 49.3 Å². The lowest BCUT2D eigenvalue weighted by molar-refractivity contribution is 0.0532. The molecular weight excluding hydrogens is 515 g/mol. The molecule has 35 heavy (non-hydrogen) atoms. The van der Waals surface area contributed by atoms with E-state index >= 15 is 0 Å². The Morgan fingerprint density at radius 1 is 0.771 bits per heavy atom. The summed E-state index contributed by atoms with van der Waals surface area (Å²) in [6.45, 7) is 8.60. The van der Waals surface area contributed by atoms with Crippen LogP contribution in [0.3, 0.4) is 0 Å². The van der Waals surface area contributed by atoms with E-state index in [4.69, 9.17) is 27.9 Å². The molecule has 0 N–H and O–H groups in total. The number of halogens is 2. The lowest BCUT2D eigenvalue weighted by Gasteiger charge is -2.16. The second kappa shape index (κ2) is 9.59. The highest BCUT2D eigenvalue weighted by molar-refractivity contribution is 7.20. The summed E-state index contributed by atoms with van der Waals surface area (Å²) in [5.41, 5.74) is 6.53. The predicted octanol–water partition coefficient (Wildman–Crippen LogP) is 10.1. The normalized spacial score (nSPS) is 11.5. The van der Waals surface area contributed by atoms with Crippen LogP contribution in [0, 0.1) is 13.8 Å². The number of aryl methyl sites for hydroxylation is 1. The van der Waals surface area contributed by atoms with Crippen molar-refractivity contribution >= 4 is 72.0 Å². The van der Waals surface area contributed by atoms with Gasteiger partial charge >= 0.3 is 5.97 Å². The number of carbonyl (C=O) groups excluding carboxylic acids is 1. The number of esters is 1. The van der Waals surface area contributed by atoms with Crippen LogP contribution in [0.4, 0.5) is 0 Å². The number of ether oxygens (including phenoxy) is 1. The van der Waals surface area contributed by atoms with E-state index in [2.05, 4.69) is 57.2 Å². The highest BCUT2D eigenvalue weighted by Crippen LogP contribution is 2.42. The maximum absolute atomic E-state index is 12.2. The van der Waals surface area contributed by atoms with Crippen LogP contribution in [-0.2, 0) is 11.2 Å². The third-order valence-corrected chi connectivity index (χ3v) is 9.40. The zero-order valence-electron chi connectivity index (χ0n) is 19.9. The number of fused-ring (bicyclic) bond motifs is 2. The van der Waals surface area contributed by atoms with Crippen LogP contribution in [-0.4, -0.2) is 12.6 Å². The zero-order chi connectivity index (χ0) is 24.9. The summed E-state index contributed by atoms with van der Waals surface area (Å²) in [7, 11) is 0. The van der Waals surface area contributed by atoms with Gasteiger partial charge in [0.1, 0.15) is 4.88 Å². The molecule has 2 aromatic heterocycles. The largest absolute Gasteiger partial charge is 0.462 e. The minimum Gasteiger partial charge on any atom is -0.462 e. The van der Waals surface area contributed by atoms with Gasteiger partial charge in [-0.1, -0.05) is 42.3 Å². The summed E-state index contributed by atoms with van der Waals surface area (Å²) >= 11 is 16.8. The van der Waals surface area contributed by atoms with Crippen molar-refractivity contribution in [3.63, 3.8) is 0 Å². The van der Waals surface area contributed by atoms with E-state index in [1.807, 2.05) is 30.4 Å². The van der Waals surface area contributed by atoms with E-state index in [1.165, 1.54) is 31.9 Å². The molecule has 6 heteroatoms. The maximum atomic E-state index is 12.2. The van der Waals surface area contributed by atoms with Gasteiger partial charge in [0.15, 0.2) is 0 Å². The van der Waals surface area contributed by atoms with Gasteiger partial charge in [-0.05, 0) is 96.6 Å². The molecule has 0 saturated carbocycles. The van der Waals surface area contributed by atoms with Gasteiger partial charge in [-0.3, -0.25) is 0 Å². The summed E-state index contributed by atoms with van der Waals surface area (Å²) in [6.07, 6.45) is 1.02. The molecule has 3 aromatic carbocycles. The van der Waals surface area contributed by atoms with E-state index in [-0.39, 0.29) is 5.97 Å². The fourth-order valence-corrected chi connectivity index (χ4v) is 7.02. The molecule has 0 aliphatic heterocycles. The van der Waals surface area contributed by atoms with Gasteiger partial charge in [-0.2, -0.15) is 0 Å². The van der Waals surface area contributed by atoms with Gasteiger partial charge in [0, 0.05) is 35.4 Å². The zero-order valence-corrected chi connectivity index (χ0v) is 23.1. The summed E-state index contributed by atoms with van der Waals surface area (Å²) in [6, 6.07) is 16.6. The van der Waals surface area contributed by atoms with Gasteiger partial charge in [0.05, 0.1) is 6.61 Å². The van der Waals surface area contributed by atoms with Crippen LogP contribution >= 0.6 is 45.9 Å². The van der Waals surface area contributed by atoms with E-state index in [1.54, 1.807) is 0 Å². The van der Waals surface area contributed by atoms with Crippen molar-refractivity contribution in [1.82, 2.24) is 0 Å². The number of thiophene rings is 2. The fraction of sp³-hybridized carbons (Fsp3) is 0.207. The highest BCUT2D eigenvalue weighted by atomic mass is 35.5. The first-order chi connectivity index (χ1) is 16.8. The van der Waals surface area contributed by atoms with Crippen molar-refractivity contribution in [2.45, 2.75) is 34.1 Å². The highest BCUT2D eigenvalue weighted by Gasteiger charge is 2.18. The quantitative estimate of drug-likeness (QED) is 0.208. The molecule has 0 bridgehead atoms. The molecule has 2 heterocycles. The van der Waals surface area contributed by atoms with Crippen LogP contribution in [0.25, 0.3) is 42.4 Å². The van der Waals surface area contributed by atoms with Crippen molar-refractivity contribution in [1.29, 1.82) is 0 Å². The Balaban J connectivity index is 1.59. The van der Waals surface area contributed by atoms with E-state index < -0.39 is 0 Å². The number of benzene rings is 3. The first-order valence-corrected chi connectivity index (χ1v) is 13.9. The first-order valence-electron chi connectivity index (χ1n) is 11.5. The molecule has 5 aromatic rings. The number of hydrogen-bond acceptors (Lipinski definition) is 4. The van der Waals surface area contributed by atoms with Gasteiger partial charge < -0.3 is 4.74 Å². The van der Waals surface area contributed by atoms with Gasteiger partial charge in [-0.15, -0.1) is 22.7 Å². The van der Waals surface area contributed by atoms with Crippen LogP contribution in [0.5, 0.6) is 0 Å². The van der Waals surface area contributed by atoms with E-state index in [9.17, 15) is 4.79 Å². The molecule has 0 fully saturated rings. The summed E-state index contributed by atoms with van der Waals surface area (Å²) in [5.74, 6) is -0.298. The average molecular weight is 540 g/mol. The molecule has 0 spiro atoms. The van der Waals surface area contributed by atoms with E-state index in [0.29, 0.717) is 16.5 Å². The molecule has 0 aliphatic carbocycles. The minimum atomic E-state index is -0.298. The number of carbonyl (C=O) groups is 1. The molecule has 2 nitrogen and oxygen atoms in total. The Bertz CT molecular complexity index is 1610. The van der Waals surface area contributed by atoms with Crippen molar-refractivity contribution < 1.29 is 9.53 Å². The Morgan fingerprint density at radius 3 is 1.86 bits per heavy atom. The molecular formula is C29H24Cl2O2S2. The SMILES string of the molecule is CCOC(=O)c1cc2cc(Cl)c(-c3ccc(-c4cc5sc(CC)cc5cc4Cl)c(C)c3C)cc2s1. The first kappa shape index (κ1) is 24.3.